The highest BCUT2D eigenvalue weighted by Crippen LogP contribution is 2.34. The molecule has 1 aliphatic rings. The second kappa shape index (κ2) is 12.5. The summed E-state index contributed by atoms with van der Waals surface area (Å²) in [7, 11) is 3.08. The van der Waals surface area contributed by atoms with Crippen molar-refractivity contribution in [2.24, 2.45) is 0 Å². The fourth-order valence-electron chi connectivity index (χ4n) is 3.99. The van der Waals surface area contributed by atoms with E-state index in [1.165, 1.54) is 19.2 Å². The lowest BCUT2D eigenvalue weighted by Gasteiger charge is -2.26. The van der Waals surface area contributed by atoms with Crippen LogP contribution in [0.5, 0.6) is 23.0 Å². The number of benzene rings is 3. The van der Waals surface area contributed by atoms with E-state index in [1.807, 2.05) is 12.1 Å². The van der Waals surface area contributed by atoms with Crippen LogP contribution in [0.3, 0.4) is 0 Å². The summed E-state index contributed by atoms with van der Waals surface area (Å²) in [4.78, 5) is 14.8. The molecule has 39 heavy (non-hydrogen) atoms. The maximum absolute atomic E-state index is 13.1. The van der Waals surface area contributed by atoms with Crippen molar-refractivity contribution in [1.82, 2.24) is 4.90 Å². The van der Waals surface area contributed by atoms with Gasteiger partial charge in [-0.25, -0.2) is 0 Å². The number of amides is 1. The van der Waals surface area contributed by atoms with Crippen molar-refractivity contribution in [3.05, 3.63) is 95.6 Å². The lowest BCUT2D eigenvalue weighted by Crippen LogP contribution is -2.39. The van der Waals surface area contributed by atoms with Crippen molar-refractivity contribution >= 4 is 17.6 Å². The molecule has 0 spiro atoms. The van der Waals surface area contributed by atoms with Crippen LogP contribution in [0.2, 0.25) is 0 Å². The number of morpholine rings is 1. The number of ether oxygens (including phenoxy) is 4. The summed E-state index contributed by atoms with van der Waals surface area (Å²) in [5.41, 5.74) is 1.31. The average Bonchev–Trinajstić information content (AvgIpc) is 2.95. The van der Waals surface area contributed by atoms with Crippen LogP contribution in [-0.4, -0.2) is 51.3 Å². The van der Waals surface area contributed by atoms with Gasteiger partial charge in [0.25, 0.3) is 0 Å². The van der Waals surface area contributed by atoms with Crippen LogP contribution in [0, 0.1) is 0 Å². The Morgan fingerprint density at radius 1 is 0.897 bits per heavy atom. The maximum Gasteiger partial charge on any atom is 0.416 e. The Bertz CT molecular complexity index is 1360. The highest BCUT2D eigenvalue weighted by atomic mass is 19.4. The van der Waals surface area contributed by atoms with Gasteiger partial charge in [0.05, 0.1) is 33.0 Å². The quantitative estimate of drug-likeness (QED) is 0.243. The number of methoxy groups -OCH3 is 2. The van der Waals surface area contributed by atoms with E-state index in [0.717, 1.165) is 23.3 Å². The first-order valence-corrected chi connectivity index (χ1v) is 12.2. The standard InChI is InChI=1S/C30H28F3NO5/c1-36-27-12-11-22(18-28(27)37-2)23(19-29(35)34-13-15-38-16-14-34)10-9-21-5-3-7-25(17-21)39-26-8-4-6-24(20-26)30(31,32)33/h3-12,17-20H,13-16H2,1-2H3/b10-9+,23-19+. The number of alkyl halides is 3. The molecular formula is C30H28F3NO5. The third-order valence-electron chi connectivity index (χ3n) is 6.03. The lowest BCUT2D eigenvalue weighted by atomic mass is 10.0. The monoisotopic (exact) mass is 539 g/mol. The minimum absolute atomic E-state index is 0.0768. The predicted molar refractivity (Wildman–Crippen MR) is 142 cm³/mol. The highest BCUT2D eigenvalue weighted by molar-refractivity contribution is 5.98. The molecular weight excluding hydrogens is 511 g/mol. The van der Waals surface area contributed by atoms with Crippen molar-refractivity contribution < 1.29 is 36.9 Å². The zero-order valence-electron chi connectivity index (χ0n) is 21.5. The Morgan fingerprint density at radius 2 is 1.59 bits per heavy atom. The van der Waals surface area contributed by atoms with E-state index < -0.39 is 11.7 Å². The zero-order chi connectivity index (χ0) is 27.8. The Hall–Kier alpha value is -4.24. The molecule has 204 valence electrons. The lowest BCUT2D eigenvalue weighted by molar-refractivity contribution is -0.137. The van der Waals surface area contributed by atoms with Crippen molar-refractivity contribution in [1.29, 1.82) is 0 Å². The van der Waals surface area contributed by atoms with Crippen LogP contribution in [0.1, 0.15) is 16.7 Å². The van der Waals surface area contributed by atoms with Gasteiger partial charge in [0.15, 0.2) is 11.5 Å². The Morgan fingerprint density at radius 3 is 2.28 bits per heavy atom. The molecule has 0 saturated carbocycles. The molecule has 0 aromatic heterocycles. The van der Waals surface area contributed by atoms with Gasteiger partial charge in [-0.15, -0.1) is 0 Å². The summed E-state index contributed by atoms with van der Waals surface area (Å²) in [5.74, 6) is 1.38. The van der Waals surface area contributed by atoms with E-state index in [4.69, 9.17) is 18.9 Å². The molecule has 3 aromatic carbocycles. The molecule has 0 bridgehead atoms. The Balaban J connectivity index is 1.62. The average molecular weight is 540 g/mol. The molecule has 1 saturated heterocycles. The number of hydrogen-bond donors (Lipinski definition) is 0. The third kappa shape index (κ3) is 7.42. The molecule has 1 heterocycles. The SMILES string of the molecule is COc1ccc(C(/C=C/c2cccc(Oc3cccc(C(F)(F)F)c3)c2)=C/C(=O)N2CCOCC2)cc1OC. The number of rotatable bonds is 8. The molecule has 0 aliphatic carbocycles. The highest BCUT2D eigenvalue weighted by Gasteiger charge is 2.30. The molecule has 1 amide bonds. The first kappa shape index (κ1) is 27.8. The van der Waals surface area contributed by atoms with Crippen molar-refractivity contribution in [2.75, 3.05) is 40.5 Å². The van der Waals surface area contributed by atoms with Gasteiger partial charge in [-0.05, 0) is 59.2 Å². The summed E-state index contributed by atoms with van der Waals surface area (Å²) >= 11 is 0. The predicted octanol–water partition coefficient (Wildman–Crippen LogP) is 6.47. The normalized spacial score (nSPS) is 14.4. The number of nitrogens with zero attached hydrogens (tertiary/aromatic N) is 1. The molecule has 6 nitrogen and oxygen atoms in total. The fourth-order valence-corrected chi connectivity index (χ4v) is 3.99. The van der Waals surface area contributed by atoms with Crippen LogP contribution in [-0.2, 0) is 15.7 Å². The van der Waals surface area contributed by atoms with E-state index in [1.54, 1.807) is 60.6 Å². The van der Waals surface area contributed by atoms with Gasteiger partial charge in [-0.1, -0.05) is 36.4 Å². The molecule has 9 heteroatoms. The molecule has 1 aliphatic heterocycles. The Labute approximate surface area is 224 Å². The van der Waals surface area contributed by atoms with Crippen molar-refractivity contribution in [2.45, 2.75) is 6.18 Å². The van der Waals surface area contributed by atoms with Gasteiger partial charge < -0.3 is 23.8 Å². The molecule has 4 rings (SSSR count). The summed E-state index contributed by atoms with van der Waals surface area (Å²) in [6.07, 6.45) is 0.693. The van der Waals surface area contributed by atoms with Gasteiger partial charge in [0.1, 0.15) is 11.5 Å². The van der Waals surface area contributed by atoms with Crippen LogP contribution in [0.25, 0.3) is 11.6 Å². The van der Waals surface area contributed by atoms with E-state index in [0.29, 0.717) is 49.1 Å². The first-order valence-electron chi connectivity index (χ1n) is 12.2. The van der Waals surface area contributed by atoms with Crippen molar-refractivity contribution in [3.63, 3.8) is 0 Å². The topological polar surface area (TPSA) is 57.2 Å². The molecule has 0 radical (unpaired) electrons. The number of hydrogen-bond acceptors (Lipinski definition) is 5. The fraction of sp³-hybridized carbons (Fsp3) is 0.233. The number of carbonyl (C=O) groups is 1. The zero-order valence-corrected chi connectivity index (χ0v) is 21.5. The second-order valence-electron chi connectivity index (χ2n) is 8.64. The number of halogens is 3. The van der Waals surface area contributed by atoms with Gasteiger partial charge in [-0.2, -0.15) is 13.2 Å². The summed E-state index contributed by atoms with van der Waals surface area (Å²) in [5, 5.41) is 0. The summed E-state index contributed by atoms with van der Waals surface area (Å²) in [6.45, 7) is 1.99. The molecule has 1 fully saturated rings. The van der Waals surface area contributed by atoms with Crippen molar-refractivity contribution in [3.8, 4) is 23.0 Å². The van der Waals surface area contributed by atoms with Gasteiger partial charge in [0.2, 0.25) is 5.91 Å². The number of allylic oxidation sites excluding steroid dienone is 2. The first-order chi connectivity index (χ1) is 18.8. The minimum atomic E-state index is -4.46. The second-order valence-corrected chi connectivity index (χ2v) is 8.64. The van der Waals surface area contributed by atoms with Crippen LogP contribution >= 0.6 is 0 Å². The molecule has 0 atom stereocenters. The summed E-state index contributed by atoms with van der Waals surface area (Å²) in [6, 6.07) is 17.0. The van der Waals surface area contributed by atoms with E-state index in [-0.39, 0.29) is 11.7 Å². The molecule has 0 unspecified atom stereocenters. The van der Waals surface area contributed by atoms with Crippen LogP contribution < -0.4 is 14.2 Å². The molecule has 0 N–H and O–H groups in total. The van der Waals surface area contributed by atoms with Gasteiger partial charge in [-0.3, -0.25) is 4.79 Å². The smallest absolute Gasteiger partial charge is 0.416 e. The van der Waals surface area contributed by atoms with E-state index in [2.05, 4.69) is 0 Å². The summed E-state index contributed by atoms with van der Waals surface area (Å²) < 4.78 is 61.0. The van der Waals surface area contributed by atoms with Crippen LogP contribution in [0.4, 0.5) is 13.2 Å². The van der Waals surface area contributed by atoms with E-state index in [9.17, 15) is 18.0 Å². The van der Waals surface area contributed by atoms with Gasteiger partial charge >= 0.3 is 6.18 Å². The largest absolute Gasteiger partial charge is 0.493 e. The van der Waals surface area contributed by atoms with Gasteiger partial charge in [0, 0.05) is 19.2 Å². The minimum Gasteiger partial charge on any atom is -0.493 e. The molecule has 3 aromatic rings. The van der Waals surface area contributed by atoms with E-state index >= 15 is 0 Å². The number of carbonyl (C=O) groups excluding carboxylic acids is 1. The maximum atomic E-state index is 13.1. The Kier molecular flexibility index (Phi) is 8.93. The van der Waals surface area contributed by atoms with Crippen LogP contribution in [0.15, 0.2) is 78.9 Å². The third-order valence-corrected chi connectivity index (χ3v) is 6.03.